The quantitative estimate of drug-likeness (QED) is 0.882. The summed E-state index contributed by atoms with van der Waals surface area (Å²) in [6.45, 7) is 5.91. The van der Waals surface area contributed by atoms with Gasteiger partial charge in [0.15, 0.2) is 5.82 Å². The zero-order valence-corrected chi connectivity index (χ0v) is 12.6. The molecular formula is C15H20N4O2. The number of aromatic nitrogens is 4. The molecule has 0 spiro atoms. The summed E-state index contributed by atoms with van der Waals surface area (Å²) in [5.74, 6) is -0.244. The van der Waals surface area contributed by atoms with Crippen molar-refractivity contribution in [3.8, 4) is 11.4 Å². The molecule has 0 fully saturated rings. The van der Waals surface area contributed by atoms with Gasteiger partial charge in [-0.15, -0.1) is 5.10 Å². The number of carboxylic acid groups (broad SMARTS) is 1. The molecule has 0 bridgehead atoms. The first kappa shape index (κ1) is 15.2. The first-order chi connectivity index (χ1) is 10.00. The number of hydrogen-bond donors (Lipinski definition) is 1. The van der Waals surface area contributed by atoms with Gasteiger partial charge in [-0.05, 0) is 35.8 Å². The number of aryl methyl sites for hydroxylation is 1. The molecule has 1 heterocycles. The number of benzene rings is 1. The molecule has 0 aliphatic carbocycles. The van der Waals surface area contributed by atoms with Crippen LogP contribution in [0, 0.1) is 5.41 Å². The highest BCUT2D eigenvalue weighted by molar-refractivity contribution is 5.74. The first-order valence-electron chi connectivity index (χ1n) is 7.09. The van der Waals surface area contributed by atoms with Gasteiger partial charge in [-0.1, -0.05) is 38.1 Å². The first-order valence-corrected chi connectivity index (χ1v) is 7.09. The van der Waals surface area contributed by atoms with Crippen molar-refractivity contribution in [3.05, 3.63) is 29.8 Å². The molecule has 6 nitrogen and oxygen atoms in total. The Balaban J connectivity index is 2.31. The Morgan fingerprint density at radius 3 is 2.48 bits per heavy atom. The van der Waals surface area contributed by atoms with Crippen molar-refractivity contribution in [2.75, 3.05) is 0 Å². The Labute approximate surface area is 123 Å². The van der Waals surface area contributed by atoms with E-state index in [1.54, 1.807) is 11.6 Å². The maximum Gasteiger partial charge on any atom is 0.311 e. The molecule has 0 aliphatic heterocycles. The van der Waals surface area contributed by atoms with E-state index in [1.807, 2.05) is 31.2 Å². The van der Waals surface area contributed by atoms with Crippen LogP contribution in [-0.4, -0.2) is 31.3 Å². The van der Waals surface area contributed by atoms with E-state index in [-0.39, 0.29) is 6.54 Å². The maximum atomic E-state index is 11.4. The molecule has 1 aromatic heterocycles. The van der Waals surface area contributed by atoms with Gasteiger partial charge >= 0.3 is 5.97 Å². The van der Waals surface area contributed by atoms with Gasteiger partial charge in [-0.3, -0.25) is 4.79 Å². The van der Waals surface area contributed by atoms with Crippen molar-refractivity contribution in [2.24, 2.45) is 5.41 Å². The predicted octanol–water partition coefficient (Wildman–Crippen LogP) is 2.40. The summed E-state index contributed by atoms with van der Waals surface area (Å²) in [7, 11) is 0. The second-order valence-corrected chi connectivity index (χ2v) is 5.43. The normalized spacial score (nSPS) is 13.9. The Kier molecular flexibility index (Phi) is 4.35. The van der Waals surface area contributed by atoms with E-state index in [9.17, 15) is 9.90 Å². The van der Waals surface area contributed by atoms with Crippen LogP contribution in [-0.2, 0) is 17.8 Å². The standard InChI is InChI=1S/C15H20N4O2/c1-4-11-6-8-12(9-7-11)13-16-17-18-19(13)10-15(3,5-2)14(20)21/h6-9H,4-5,10H2,1-3H3,(H,20,21). The van der Waals surface area contributed by atoms with Crippen LogP contribution < -0.4 is 0 Å². The van der Waals surface area contributed by atoms with Crippen LogP contribution in [0.3, 0.4) is 0 Å². The van der Waals surface area contributed by atoms with E-state index in [2.05, 4.69) is 22.4 Å². The van der Waals surface area contributed by atoms with Gasteiger partial charge in [0.05, 0.1) is 12.0 Å². The van der Waals surface area contributed by atoms with Crippen molar-refractivity contribution in [1.29, 1.82) is 0 Å². The maximum absolute atomic E-state index is 11.4. The molecule has 1 atom stereocenters. The van der Waals surface area contributed by atoms with Crippen LogP contribution in [0.15, 0.2) is 24.3 Å². The summed E-state index contributed by atoms with van der Waals surface area (Å²) in [6, 6.07) is 7.99. The lowest BCUT2D eigenvalue weighted by molar-refractivity contribution is -0.149. The molecule has 2 rings (SSSR count). The molecule has 0 saturated carbocycles. The number of hydrogen-bond acceptors (Lipinski definition) is 4. The number of carboxylic acids is 1. The topological polar surface area (TPSA) is 80.9 Å². The second kappa shape index (κ2) is 6.03. The van der Waals surface area contributed by atoms with Crippen molar-refractivity contribution in [2.45, 2.75) is 40.2 Å². The average Bonchev–Trinajstić information content (AvgIpc) is 2.95. The zero-order chi connectivity index (χ0) is 15.5. The molecule has 6 heteroatoms. The summed E-state index contributed by atoms with van der Waals surface area (Å²) >= 11 is 0. The van der Waals surface area contributed by atoms with E-state index < -0.39 is 11.4 Å². The highest BCUT2D eigenvalue weighted by Crippen LogP contribution is 2.26. The van der Waals surface area contributed by atoms with E-state index in [1.165, 1.54) is 5.56 Å². The molecule has 0 radical (unpaired) electrons. The molecule has 2 aromatic rings. The van der Waals surface area contributed by atoms with Gasteiger partial charge in [0.25, 0.3) is 0 Å². The average molecular weight is 288 g/mol. The van der Waals surface area contributed by atoms with Gasteiger partial charge in [0, 0.05) is 5.56 Å². The summed E-state index contributed by atoms with van der Waals surface area (Å²) in [6.07, 6.45) is 1.48. The minimum absolute atomic E-state index is 0.247. The lowest BCUT2D eigenvalue weighted by Crippen LogP contribution is -2.32. The third-order valence-electron chi connectivity index (χ3n) is 3.95. The Morgan fingerprint density at radius 1 is 1.29 bits per heavy atom. The van der Waals surface area contributed by atoms with Crippen LogP contribution in [0.4, 0.5) is 0 Å². The number of rotatable bonds is 6. The van der Waals surface area contributed by atoms with E-state index in [0.717, 1.165) is 12.0 Å². The molecule has 1 unspecified atom stereocenters. The van der Waals surface area contributed by atoms with E-state index in [4.69, 9.17) is 0 Å². The zero-order valence-electron chi connectivity index (χ0n) is 12.6. The van der Waals surface area contributed by atoms with Crippen molar-refractivity contribution in [3.63, 3.8) is 0 Å². The fraction of sp³-hybridized carbons (Fsp3) is 0.467. The van der Waals surface area contributed by atoms with Crippen LogP contribution in [0.1, 0.15) is 32.8 Å². The summed E-state index contributed by atoms with van der Waals surface area (Å²) in [5, 5.41) is 21.0. The summed E-state index contributed by atoms with van der Waals surface area (Å²) in [5.41, 5.74) is 1.25. The van der Waals surface area contributed by atoms with E-state index in [0.29, 0.717) is 12.2 Å². The van der Waals surface area contributed by atoms with Crippen LogP contribution in [0.2, 0.25) is 0 Å². The fourth-order valence-corrected chi connectivity index (χ4v) is 2.07. The molecule has 0 amide bonds. The Hall–Kier alpha value is -2.24. The van der Waals surface area contributed by atoms with Crippen molar-refractivity contribution >= 4 is 5.97 Å². The smallest absolute Gasteiger partial charge is 0.311 e. The fourth-order valence-electron chi connectivity index (χ4n) is 2.07. The minimum Gasteiger partial charge on any atom is -0.481 e. The molecule has 21 heavy (non-hydrogen) atoms. The molecule has 112 valence electrons. The third kappa shape index (κ3) is 3.09. The molecule has 1 N–H and O–H groups in total. The molecule has 0 saturated heterocycles. The highest BCUT2D eigenvalue weighted by Gasteiger charge is 2.33. The second-order valence-electron chi connectivity index (χ2n) is 5.43. The molecular weight excluding hydrogens is 268 g/mol. The number of aliphatic carboxylic acids is 1. The minimum atomic E-state index is -0.881. The van der Waals surface area contributed by atoms with Gasteiger partial charge in [0.2, 0.25) is 0 Å². The van der Waals surface area contributed by atoms with Crippen molar-refractivity contribution in [1.82, 2.24) is 20.2 Å². The van der Waals surface area contributed by atoms with Crippen molar-refractivity contribution < 1.29 is 9.90 Å². The summed E-state index contributed by atoms with van der Waals surface area (Å²) in [4.78, 5) is 11.4. The third-order valence-corrected chi connectivity index (χ3v) is 3.95. The summed E-state index contributed by atoms with van der Waals surface area (Å²) < 4.78 is 1.57. The SMILES string of the molecule is CCc1ccc(-c2nnnn2CC(C)(CC)C(=O)O)cc1. The van der Waals surface area contributed by atoms with Crippen LogP contribution >= 0.6 is 0 Å². The lowest BCUT2D eigenvalue weighted by Gasteiger charge is -2.22. The molecule has 1 aromatic carbocycles. The largest absolute Gasteiger partial charge is 0.481 e. The van der Waals surface area contributed by atoms with Crippen LogP contribution in [0.5, 0.6) is 0 Å². The van der Waals surface area contributed by atoms with Gasteiger partial charge in [-0.2, -0.15) is 0 Å². The number of nitrogens with zero attached hydrogens (tertiary/aromatic N) is 4. The lowest BCUT2D eigenvalue weighted by atomic mass is 9.88. The Morgan fingerprint density at radius 2 is 1.95 bits per heavy atom. The monoisotopic (exact) mass is 288 g/mol. The van der Waals surface area contributed by atoms with Crippen LogP contribution in [0.25, 0.3) is 11.4 Å². The predicted molar refractivity (Wildman–Crippen MR) is 78.7 cm³/mol. The van der Waals surface area contributed by atoms with Gasteiger partial charge in [-0.25, -0.2) is 4.68 Å². The number of tetrazole rings is 1. The van der Waals surface area contributed by atoms with E-state index >= 15 is 0 Å². The Bertz CT molecular complexity index is 621. The number of carbonyl (C=O) groups is 1. The van der Waals surface area contributed by atoms with Gasteiger partial charge < -0.3 is 5.11 Å². The van der Waals surface area contributed by atoms with Gasteiger partial charge in [0.1, 0.15) is 0 Å². The molecule has 0 aliphatic rings. The highest BCUT2D eigenvalue weighted by atomic mass is 16.4.